The predicted molar refractivity (Wildman–Crippen MR) is 163 cm³/mol. The molecule has 0 aliphatic heterocycles. The standard InChI is InChI=1S/C27H50O3Si4/c1-13-25(21-33(15-3,16-4)17-5)31(9,10)23-29-27(28)30-24-32(11,12)26(14-2)22-34(18-6,19-7)20-8/h15-20,25-26H,3-8,13-14,21-24H2,1-2,9-12H3. The summed E-state index contributed by atoms with van der Waals surface area (Å²) in [7, 11) is -7.53. The third-order valence-corrected chi connectivity index (χ3v) is 23.0. The molecule has 0 N–H and O–H groups in total. The van der Waals surface area contributed by atoms with Gasteiger partial charge in [0, 0.05) is 0 Å². The topological polar surface area (TPSA) is 35.5 Å². The van der Waals surface area contributed by atoms with Crippen LogP contribution in [0.4, 0.5) is 4.79 Å². The molecular weight excluding hydrogens is 485 g/mol. The molecule has 0 radical (unpaired) electrons. The van der Waals surface area contributed by atoms with Crippen LogP contribution in [-0.2, 0) is 9.47 Å². The highest BCUT2D eigenvalue weighted by molar-refractivity contribution is 6.95. The van der Waals surface area contributed by atoms with E-state index < -0.39 is 38.5 Å². The molecule has 0 bridgehead atoms. The molecule has 0 fully saturated rings. The van der Waals surface area contributed by atoms with E-state index in [0.29, 0.717) is 23.5 Å². The van der Waals surface area contributed by atoms with Gasteiger partial charge in [0.15, 0.2) is 0 Å². The maximum Gasteiger partial charge on any atom is 0.507 e. The van der Waals surface area contributed by atoms with Crippen molar-refractivity contribution in [1.82, 2.24) is 0 Å². The Morgan fingerprint density at radius 2 is 0.912 bits per heavy atom. The second kappa shape index (κ2) is 14.2. The van der Waals surface area contributed by atoms with Gasteiger partial charge in [-0.3, -0.25) is 0 Å². The summed E-state index contributed by atoms with van der Waals surface area (Å²) in [5.41, 5.74) is 13.3. The lowest BCUT2D eigenvalue weighted by atomic mass is 10.4. The molecule has 0 aromatic rings. The van der Waals surface area contributed by atoms with Crippen LogP contribution in [0.2, 0.25) is 49.4 Å². The Labute approximate surface area is 214 Å². The number of hydrogen-bond acceptors (Lipinski definition) is 3. The first kappa shape index (κ1) is 32.6. The highest BCUT2D eigenvalue weighted by atomic mass is 28.3. The van der Waals surface area contributed by atoms with Crippen LogP contribution in [-0.4, -0.2) is 50.9 Å². The molecule has 3 nitrogen and oxygen atoms in total. The average molecular weight is 535 g/mol. The van der Waals surface area contributed by atoms with E-state index in [-0.39, 0.29) is 0 Å². The van der Waals surface area contributed by atoms with Gasteiger partial charge in [-0.05, 0) is 23.2 Å². The monoisotopic (exact) mass is 534 g/mol. The minimum Gasteiger partial charge on any atom is -0.438 e. The average Bonchev–Trinajstić information content (AvgIpc) is 2.84. The van der Waals surface area contributed by atoms with Gasteiger partial charge in [0.2, 0.25) is 0 Å². The summed E-state index contributed by atoms with van der Waals surface area (Å²) in [6.45, 7) is 37.9. The van der Waals surface area contributed by atoms with E-state index in [1.54, 1.807) is 0 Å². The molecule has 0 saturated heterocycles. The summed E-state index contributed by atoms with van der Waals surface area (Å²) < 4.78 is 11.4. The fourth-order valence-corrected chi connectivity index (χ4v) is 19.1. The van der Waals surface area contributed by atoms with Crippen LogP contribution < -0.4 is 0 Å². The van der Waals surface area contributed by atoms with E-state index in [4.69, 9.17) is 9.47 Å². The minimum atomic E-state index is -1.91. The summed E-state index contributed by atoms with van der Waals surface area (Å²) in [5, 5.41) is 0. The Hall–Kier alpha value is -1.42. The largest absolute Gasteiger partial charge is 0.507 e. The van der Waals surface area contributed by atoms with Crippen molar-refractivity contribution in [3.05, 3.63) is 73.7 Å². The van der Waals surface area contributed by atoms with Crippen LogP contribution in [0.1, 0.15) is 26.7 Å². The SMILES string of the molecule is C=C[Si](C=C)(C=C)CC(CC)[Si](C)(C)COC(=O)OC[Si](C)(C)C(CC)C[Si](C=C)(C=C)C=C. The molecule has 0 aliphatic rings. The Morgan fingerprint density at radius 3 is 1.12 bits per heavy atom. The van der Waals surface area contributed by atoms with Crippen molar-refractivity contribution in [1.29, 1.82) is 0 Å². The number of carbonyl (C=O) groups excluding carboxylic acids is 1. The third-order valence-electron chi connectivity index (χ3n) is 7.80. The predicted octanol–water partition coefficient (Wildman–Crippen LogP) is 8.44. The van der Waals surface area contributed by atoms with Crippen molar-refractivity contribution < 1.29 is 14.3 Å². The zero-order valence-electron chi connectivity index (χ0n) is 22.8. The molecule has 0 aromatic carbocycles. The highest BCUT2D eigenvalue weighted by Crippen LogP contribution is 2.37. The van der Waals surface area contributed by atoms with Gasteiger partial charge < -0.3 is 9.47 Å². The van der Waals surface area contributed by atoms with Gasteiger partial charge in [0.05, 0.1) is 28.6 Å². The van der Waals surface area contributed by atoms with Crippen molar-refractivity contribution in [3.63, 3.8) is 0 Å². The normalized spacial score (nSPS) is 14.3. The Balaban J connectivity index is 5.15. The first-order chi connectivity index (χ1) is 15.8. The maximum atomic E-state index is 12.6. The van der Waals surface area contributed by atoms with Crippen LogP contribution in [0, 0.1) is 0 Å². The van der Waals surface area contributed by atoms with Gasteiger partial charge >= 0.3 is 6.16 Å². The van der Waals surface area contributed by atoms with Crippen LogP contribution in [0.3, 0.4) is 0 Å². The molecule has 0 heterocycles. The summed E-state index contributed by atoms with van der Waals surface area (Å²) in [5.74, 6) is 0. The van der Waals surface area contributed by atoms with Gasteiger partial charge in [-0.15, -0.1) is 39.5 Å². The molecule has 0 aliphatic carbocycles. The third kappa shape index (κ3) is 8.98. The minimum absolute atomic E-state index is 0.457. The number of carbonyl (C=O) groups is 1. The molecular formula is C27H50O3Si4. The van der Waals surface area contributed by atoms with Gasteiger partial charge in [-0.2, -0.15) is 0 Å². The Morgan fingerprint density at radius 1 is 0.647 bits per heavy atom. The Bertz CT molecular complexity index is 639. The summed E-state index contributed by atoms with van der Waals surface area (Å²) >= 11 is 0. The van der Waals surface area contributed by atoms with E-state index in [1.807, 2.05) is 0 Å². The van der Waals surface area contributed by atoms with Crippen molar-refractivity contribution >= 4 is 38.5 Å². The van der Waals surface area contributed by atoms with Crippen molar-refractivity contribution in [2.45, 2.75) is 76.0 Å². The van der Waals surface area contributed by atoms with E-state index in [9.17, 15) is 4.79 Å². The number of rotatable bonds is 18. The lowest BCUT2D eigenvalue weighted by Crippen LogP contribution is -2.45. The van der Waals surface area contributed by atoms with Crippen LogP contribution in [0.5, 0.6) is 0 Å². The van der Waals surface area contributed by atoms with Crippen molar-refractivity contribution in [2.24, 2.45) is 0 Å². The quantitative estimate of drug-likeness (QED) is 0.131. The fourth-order valence-electron chi connectivity index (χ4n) is 4.57. The van der Waals surface area contributed by atoms with Gasteiger partial charge in [-0.25, -0.2) is 4.79 Å². The van der Waals surface area contributed by atoms with Crippen LogP contribution in [0.25, 0.3) is 0 Å². The van der Waals surface area contributed by atoms with Gasteiger partial charge in [-0.1, -0.05) is 87.1 Å². The van der Waals surface area contributed by atoms with Crippen LogP contribution >= 0.6 is 0 Å². The van der Waals surface area contributed by atoms with Gasteiger partial charge in [0.25, 0.3) is 0 Å². The zero-order chi connectivity index (χ0) is 26.6. The molecule has 0 saturated carbocycles. The van der Waals surface area contributed by atoms with E-state index in [0.717, 1.165) is 24.9 Å². The van der Waals surface area contributed by atoms with E-state index >= 15 is 0 Å². The smallest absolute Gasteiger partial charge is 0.438 e. The lowest BCUT2D eigenvalue weighted by Gasteiger charge is -2.36. The summed E-state index contributed by atoms with van der Waals surface area (Å²) in [6, 6.07) is 2.05. The first-order valence-electron chi connectivity index (χ1n) is 12.4. The molecule has 2 atom stereocenters. The van der Waals surface area contributed by atoms with E-state index in [2.05, 4.69) is 114 Å². The first-order valence-corrected chi connectivity index (χ1v) is 23.9. The number of ether oxygens (including phenoxy) is 2. The molecule has 7 heteroatoms. The number of hydrogen-bond donors (Lipinski definition) is 0. The second-order valence-corrected chi connectivity index (χ2v) is 28.8. The highest BCUT2D eigenvalue weighted by Gasteiger charge is 2.39. The summed E-state index contributed by atoms with van der Waals surface area (Å²) in [4.78, 5) is 12.6. The molecule has 0 rings (SSSR count). The molecule has 2 unspecified atom stereocenters. The van der Waals surface area contributed by atoms with Crippen molar-refractivity contribution in [2.75, 3.05) is 12.5 Å². The van der Waals surface area contributed by atoms with Crippen LogP contribution in [0.15, 0.2) is 73.7 Å². The maximum absolute atomic E-state index is 12.6. The Kier molecular flexibility index (Phi) is 13.6. The van der Waals surface area contributed by atoms with E-state index in [1.165, 1.54) is 0 Å². The second-order valence-electron chi connectivity index (χ2n) is 10.9. The molecule has 0 amide bonds. The van der Waals surface area contributed by atoms with Crippen molar-refractivity contribution in [3.8, 4) is 0 Å². The molecule has 0 spiro atoms. The molecule has 34 heavy (non-hydrogen) atoms. The summed E-state index contributed by atoms with van der Waals surface area (Å²) in [6.07, 6.45) is 2.46. The molecule has 0 aromatic heterocycles. The van der Waals surface area contributed by atoms with Gasteiger partial charge in [0.1, 0.15) is 16.1 Å². The lowest BCUT2D eigenvalue weighted by molar-refractivity contribution is 0.0772. The molecule has 192 valence electrons. The zero-order valence-corrected chi connectivity index (χ0v) is 26.8. The fraction of sp³-hybridized carbons (Fsp3) is 0.519.